The van der Waals surface area contributed by atoms with Gasteiger partial charge in [-0.2, -0.15) is 0 Å². The molecule has 0 aliphatic heterocycles. The van der Waals surface area contributed by atoms with Crippen molar-refractivity contribution in [3.8, 4) is 0 Å². The number of benzene rings is 3. The summed E-state index contributed by atoms with van der Waals surface area (Å²) in [6.07, 6.45) is 0. The lowest BCUT2D eigenvalue weighted by Crippen LogP contribution is -2.23. The van der Waals surface area contributed by atoms with Crippen molar-refractivity contribution in [1.29, 1.82) is 0 Å². The molecule has 0 unspecified atom stereocenters. The molecule has 0 aromatic heterocycles. The van der Waals surface area contributed by atoms with E-state index in [-0.39, 0.29) is 0 Å². The van der Waals surface area contributed by atoms with Crippen molar-refractivity contribution in [2.75, 3.05) is 5.32 Å². The first-order valence-electron chi connectivity index (χ1n) is 7.31. The van der Waals surface area contributed by atoms with E-state index >= 15 is 0 Å². The second-order valence-corrected chi connectivity index (χ2v) is 7.27. The molecule has 0 saturated carbocycles. The van der Waals surface area contributed by atoms with E-state index in [1.807, 2.05) is 30.3 Å². The van der Waals surface area contributed by atoms with E-state index in [9.17, 15) is 4.79 Å². The second-order valence-electron chi connectivity index (χ2n) is 5.05. The summed E-state index contributed by atoms with van der Waals surface area (Å²) >= 11 is 0. The lowest BCUT2D eigenvalue weighted by Gasteiger charge is -2.20. The summed E-state index contributed by atoms with van der Waals surface area (Å²) < 4.78 is 0. The van der Waals surface area contributed by atoms with Crippen LogP contribution in [0.1, 0.15) is 0 Å². The number of urea groups is 1. The molecule has 3 rings (SSSR count). The molecule has 0 spiro atoms. The number of anilines is 1. The number of carbonyl (C=O) groups excluding carboxylic acids is 1. The highest BCUT2D eigenvalue weighted by Gasteiger charge is 2.16. The topological polar surface area (TPSA) is 55.1 Å². The molecule has 4 heteroatoms. The molecule has 3 N–H and O–H groups in total. The van der Waals surface area contributed by atoms with Crippen LogP contribution in [0.3, 0.4) is 0 Å². The fourth-order valence-electron chi connectivity index (χ4n) is 2.47. The van der Waals surface area contributed by atoms with E-state index in [1.54, 1.807) is 0 Å². The molecule has 0 aliphatic rings. The van der Waals surface area contributed by atoms with Crippen LogP contribution in [-0.2, 0) is 0 Å². The molecule has 0 heterocycles. The molecule has 3 nitrogen and oxygen atoms in total. The van der Waals surface area contributed by atoms with Crippen LogP contribution in [0.5, 0.6) is 0 Å². The van der Waals surface area contributed by atoms with Crippen LogP contribution in [0.4, 0.5) is 10.5 Å². The first kappa shape index (κ1) is 15.3. The van der Waals surface area contributed by atoms with Gasteiger partial charge in [-0.25, -0.2) is 4.79 Å². The minimum absolute atomic E-state index is 0.550. The fraction of sp³-hybridized carbons (Fsp3) is 0. The summed E-state index contributed by atoms with van der Waals surface area (Å²) in [5.41, 5.74) is 5.95. The Kier molecular flexibility index (Phi) is 4.70. The van der Waals surface area contributed by atoms with Crippen molar-refractivity contribution in [3.05, 3.63) is 84.9 Å². The highest BCUT2D eigenvalue weighted by atomic mass is 31.1. The average molecular weight is 320 g/mol. The van der Waals surface area contributed by atoms with E-state index in [4.69, 9.17) is 5.73 Å². The molecule has 0 radical (unpaired) electrons. The van der Waals surface area contributed by atoms with Gasteiger partial charge in [-0.15, -0.1) is 0 Å². The van der Waals surface area contributed by atoms with Crippen LogP contribution in [0, 0.1) is 0 Å². The predicted octanol–water partition coefficient (Wildman–Crippen LogP) is 2.94. The van der Waals surface area contributed by atoms with Crippen molar-refractivity contribution < 1.29 is 4.79 Å². The Morgan fingerprint density at radius 2 is 1.26 bits per heavy atom. The Balaban J connectivity index is 2.07. The summed E-state index contributed by atoms with van der Waals surface area (Å²) in [5, 5.41) is 6.36. The van der Waals surface area contributed by atoms with Gasteiger partial charge in [0.1, 0.15) is 0 Å². The minimum atomic E-state index is -0.679. The van der Waals surface area contributed by atoms with Crippen molar-refractivity contribution in [3.63, 3.8) is 0 Å². The van der Waals surface area contributed by atoms with Gasteiger partial charge in [0, 0.05) is 5.69 Å². The summed E-state index contributed by atoms with van der Waals surface area (Å²) in [6.45, 7) is 0. The number of nitrogens with two attached hydrogens (primary N) is 1. The minimum Gasteiger partial charge on any atom is -0.351 e. The first-order chi connectivity index (χ1) is 11.2. The molecule has 0 saturated heterocycles. The number of rotatable bonds is 4. The molecule has 2 amide bonds. The van der Waals surface area contributed by atoms with E-state index in [0.29, 0.717) is 0 Å². The van der Waals surface area contributed by atoms with Crippen LogP contribution in [0.15, 0.2) is 84.9 Å². The van der Waals surface area contributed by atoms with E-state index < -0.39 is 14.0 Å². The lowest BCUT2D eigenvalue weighted by molar-refractivity contribution is 0.259. The summed E-state index contributed by atoms with van der Waals surface area (Å²) in [4.78, 5) is 11.1. The molecular weight excluding hydrogens is 303 g/mol. The third kappa shape index (κ3) is 3.77. The maximum Gasteiger partial charge on any atom is 0.316 e. The normalized spacial score (nSPS) is 10.5. The zero-order valence-electron chi connectivity index (χ0n) is 12.5. The third-order valence-corrected chi connectivity index (χ3v) is 5.82. The van der Waals surface area contributed by atoms with Crippen LogP contribution < -0.4 is 27.0 Å². The Hall–Kier alpha value is -2.64. The van der Waals surface area contributed by atoms with E-state index in [1.165, 1.54) is 15.9 Å². The maximum absolute atomic E-state index is 11.1. The van der Waals surface area contributed by atoms with Gasteiger partial charge in [-0.3, -0.25) is 0 Å². The summed E-state index contributed by atoms with van der Waals surface area (Å²) in [5.74, 6) is 0. The Morgan fingerprint density at radius 1 is 0.739 bits per heavy atom. The smallest absolute Gasteiger partial charge is 0.316 e. The number of primary amides is 1. The van der Waals surface area contributed by atoms with E-state index in [2.05, 4.69) is 59.9 Å². The van der Waals surface area contributed by atoms with Crippen LogP contribution >= 0.6 is 7.92 Å². The van der Waals surface area contributed by atoms with Crippen LogP contribution in [0.2, 0.25) is 0 Å². The zero-order chi connectivity index (χ0) is 16.1. The summed E-state index contributed by atoms with van der Waals surface area (Å²) in [6, 6.07) is 28.2. The number of amides is 2. The Bertz CT molecular complexity index is 751. The van der Waals surface area contributed by atoms with Crippen molar-refractivity contribution in [1.82, 2.24) is 0 Å². The molecule has 0 fully saturated rings. The van der Waals surface area contributed by atoms with Gasteiger partial charge in [0.2, 0.25) is 0 Å². The average Bonchev–Trinajstić information content (AvgIpc) is 2.57. The monoisotopic (exact) mass is 320 g/mol. The molecule has 23 heavy (non-hydrogen) atoms. The first-order valence-corrected chi connectivity index (χ1v) is 8.65. The number of carbonyl (C=O) groups is 1. The zero-order valence-corrected chi connectivity index (χ0v) is 13.4. The number of hydrogen-bond donors (Lipinski definition) is 2. The van der Waals surface area contributed by atoms with Gasteiger partial charge in [-0.1, -0.05) is 72.8 Å². The second kappa shape index (κ2) is 7.08. The molecule has 0 aliphatic carbocycles. The van der Waals surface area contributed by atoms with Crippen molar-refractivity contribution in [2.24, 2.45) is 5.73 Å². The molecular formula is C19H17N2OP. The highest BCUT2D eigenvalue weighted by Crippen LogP contribution is 2.33. The lowest BCUT2D eigenvalue weighted by atomic mass is 10.3. The van der Waals surface area contributed by atoms with Crippen molar-refractivity contribution >= 4 is 35.6 Å². The van der Waals surface area contributed by atoms with Crippen LogP contribution in [0.25, 0.3) is 0 Å². The van der Waals surface area contributed by atoms with E-state index in [0.717, 1.165) is 5.69 Å². The largest absolute Gasteiger partial charge is 0.351 e. The maximum atomic E-state index is 11.1. The number of hydrogen-bond acceptors (Lipinski definition) is 1. The standard InChI is InChI=1S/C19H17N2OP/c20-19(22)21-15-8-7-13-18(14-15)23(16-9-3-1-4-10-16)17-11-5-2-6-12-17/h1-14H,(H3,20,21,22). The van der Waals surface area contributed by atoms with Gasteiger partial charge < -0.3 is 11.1 Å². The predicted molar refractivity (Wildman–Crippen MR) is 98.4 cm³/mol. The summed E-state index contributed by atoms with van der Waals surface area (Å²) in [7, 11) is -0.679. The number of nitrogens with one attached hydrogen (secondary N) is 1. The van der Waals surface area contributed by atoms with Gasteiger partial charge in [0.25, 0.3) is 0 Å². The molecule has 114 valence electrons. The van der Waals surface area contributed by atoms with Gasteiger partial charge in [0.05, 0.1) is 0 Å². The van der Waals surface area contributed by atoms with Crippen LogP contribution in [-0.4, -0.2) is 6.03 Å². The quantitative estimate of drug-likeness (QED) is 0.714. The highest BCUT2D eigenvalue weighted by molar-refractivity contribution is 7.79. The molecule has 3 aromatic rings. The SMILES string of the molecule is NC(=O)Nc1cccc(P(c2ccccc2)c2ccccc2)c1. The Labute approximate surface area is 136 Å². The van der Waals surface area contributed by atoms with Gasteiger partial charge in [-0.05, 0) is 36.0 Å². The molecule has 3 aromatic carbocycles. The van der Waals surface area contributed by atoms with Crippen molar-refractivity contribution in [2.45, 2.75) is 0 Å². The van der Waals surface area contributed by atoms with Gasteiger partial charge in [0.15, 0.2) is 0 Å². The fourth-order valence-corrected chi connectivity index (χ4v) is 4.80. The third-order valence-electron chi connectivity index (χ3n) is 3.40. The molecule has 0 atom stereocenters. The molecule has 0 bridgehead atoms. The van der Waals surface area contributed by atoms with Gasteiger partial charge >= 0.3 is 6.03 Å². The Morgan fingerprint density at radius 3 is 1.78 bits per heavy atom.